The first-order valence-electron chi connectivity index (χ1n) is 20.7. The number of rotatable bonds is 28. The summed E-state index contributed by atoms with van der Waals surface area (Å²) in [6.07, 6.45) is 12.4. The zero-order valence-electron chi connectivity index (χ0n) is 35.6. The number of hydrogen-bond acceptors (Lipinski definition) is 14. The molecule has 15 nitrogen and oxygen atoms in total. The number of carbonyl (C=O) groups is 3. The Balaban J connectivity index is 2.02. The van der Waals surface area contributed by atoms with Crippen molar-refractivity contribution in [3.8, 4) is 0 Å². The molecule has 1 aliphatic rings. The molecule has 0 spiro atoms. The molecule has 1 unspecified atom stereocenters. The third-order valence-electron chi connectivity index (χ3n) is 9.37. The van der Waals surface area contributed by atoms with Crippen LogP contribution in [0.2, 0.25) is 0 Å². The third kappa shape index (κ3) is 18.5. The monoisotopic (exact) mass is 851 g/mol. The molecule has 1 saturated heterocycles. The lowest BCUT2D eigenvalue weighted by atomic mass is 9.98. The van der Waals surface area contributed by atoms with Gasteiger partial charge in [-0.15, -0.1) is 0 Å². The summed E-state index contributed by atoms with van der Waals surface area (Å²) in [5.41, 5.74) is 2.45. The quantitative estimate of drug-likeness (QED) is 0.0276. The van der Waals surface area contributed by atoms with Crippen molar-refractivity contribution < 1.29 is 60.2 Å². The second-order valence-corrected chi connectivity index (χ2v) is 18.5. The third-order valence-corrected chi connectivity index (χ3v) is 10.7. The van der Waals surface area contributed by atoms with Crippen molar-refractivity contribution in [1.29, 1.82) is 0 Å². The van der Waals surface area contributed by atoms with Gasteiger partial charge in [-0.3, -0.25) is 23.5 Å². The summed E-state index contributed by atoms with van der Waals surface area (Å²) in [7, 11) is -4.86. The Morgan fingerprint density at radius 1 is 0.793 bits per heavy atom. The average Bonchev–Trinajstić information content (AvgIpc) is 3.37. The molecule has 0 aromatic carbocycles. The van der Waals surface area contributed by atoms with E-state index in [4.69, 9.17) is 38.3 Å². The van der Waals surface area contributed by atoms with E-state index in [9.17, 15) is 23.7 Å². The van der Waals surface area contributed by atoms with Crippen molar-refractivity contribution in [2.45, 2.75) is 182 Å². The van der Waals surface area contributed by atoms with Crippen molar-refractivity contribution in [2.75, 3.05) is 25.9 Å². The molecular weight excluding hydrogens is 783 g/mol. The number of aromatic nitrogens is 2. The van der Waals surface area contributed by atoms with Gasteiger partial charge in [0.15, 0.2) is 6.10 Å². The smallest absolute Gasteiger partial charge is 0.453 e. The molecule has 0 aliphatic carbocycles. The fourth-order valence-corrected chi connectivity index (χ4v) is 6.79. The molecule has 1 aromatic heterocycles. The summed E-state index contributed by atoms with van der Waals surface area (Å²) in [6.45, 7) is 8.69. The molecule has 3 atom stereocenters. The highest BCUT2D eigenvalue weighted by atomic mass is 31.2. The molecule has 2 rings (SSSR count). The maximum Gasteiger partial charge on any atom is 0.480 e. The van der Waals surface area contributed by atoms with Crippen LogP contribution in [-0.4, -0.2) is 65.8 Å². The van der Waals surface area contributed by atoms with Crippen LogP contribution in [0.3, 0.4) is 0 Å². The maximum absolute atomic E-state index is 16.1. The molecule has 334 valence electrons. The van der Waals surface area contributed by atoms with Crippen molar-refractivity contribution in [3.63, 3.8) is 0 Å². The van der Waals surface area contributed by atoms with Crippen molar-refractivity contribution in [3.05, 3.63) is 22.7 Å². The number of alkyl halides is 2. The molecule has 0 radical (unpaired) electrons. The van der Waals surface area contributed by atoms with E-state index in [1.807, 2.05) is 0 Å². The Hall–Kier alpha value is -2.98. The van der Waals surface area contributed by atoms with Crippen molar-refractivity contribution in [2.24, 2.45) is 10.8 Å². The first-order chi connectivity index (χ1) is 27.2. The van der Waals surface area contributed by atoms with E-state index in [0.29, 0.717) is 17.4 Å². The van der Waals surface area contributed by atoms with Gasteiger partial charge in [0.1, 0.15) is 11.9 Å². The Bertz CT molecular complexity index is 1480. The number of phosphoric acid groups is 1. The lowest BCUT2D eigenvalue weighted by molar-refractivity contribution is -0.176. The van der Waals surface area contributed by atoms with Crippen molar-refractivity contribution in [1.82, 2.24) is 9.55 Å². The van der Waals surface area contributed by atoms with E-state index in [-0.39, 0.29) is 12.2 Å². The Labute approximate surface area is 342 Å². The van der Waals surface area contributed by atoms with E-state index >= 15 is 8.78 Å². The number of hydrogen-bond donors (Lipinski definition) is 1. The van der Waals surface area contributed by atoms with Gasteiger partial charge >= 0.3 is 37.3 Å². The summed E-state index contributed by atoms with van der Waals surface area (Å²) < 4.78 is 82.7. The lowest BCUT2D eigenvalue weighted by Gasteiger charge is -2.25. The molecule has 0 saturated carbocycles. The molecular formula is C40H68F2N3O12P. The summed E-state index contributed by atoms with van der Waals surface area (Å²) in [5, 5.41) is 0. The molecule has 0 amide bonds. The van der Waals surface area contributed by atoms with Crippen LogP contribution in [-0.2, 0) is 51.5 Å². The van der Waals surface area contributed by atoms with Crippen LogP contribution in [0.4, 0.5) is 14.6 Å². The fourth-order valence-electron chi connectivity index (χ4n) is 5.87. The average molecular weight is 852 g/mol. The standard InChI is InChI=1S/C40H68F2N3O12P/c1-8-9-10-11-12-13-14-15-16-17-18-19-20-21-22-23-24-32(46)57-33-30(56-34(40(33,41)42)45-26-25-31(43)44-37(45)49)27-53-58(50,54-28-51-35(47)38(2,3)4)55-29-52-36(48)39(5,6)7/h25-26,30,33-34H,8-24,27-29H2,1-7H3,(H2,43,44,49)/t30-,33?,34-/m1/s1. The van der Waals surface area contributed by atoms with Crippen LogP contribution in [0.25, 0.3) is 0 Å². The highest BCUT2D eigenvalue weighted by Gasteiger charge is 2.63. The van der Waals surface area contributed by atoms with E-state index in [2.05, 4.69) is 11.9 Å². The molecule has 1 fully saturated rings. The van der Waals surface area contributed by atoms with Gasteiger partial charge < -0.3 is 24.7 Å². The van der Waals surface area contributed by atoms with Gasteiger partial charge in [0.05, 0.1) is 17.4 Å². The largest absolute Gasteiger partial charge is 0.480 e. The zero-order chi connectivity index (χ0) is 43.4. The summed E-state index contributed by atoms with van der Waals surface area (Å²) in [4.78, 5) is 53.5. The Kier molecular flexibility index (Phi) is 22.0. The Morgan fingerprint density at radius 2 is 1.24 bits per heavy atom. The van der Waals surface area contributed by atoms with Gasteiger partial charge in [0.25, 0.3) is 0 Å². The molecule has 0 bridgehead atoms. The number of ether oxygens (including phenoxy) is 4. The number of nitrogens with zero attached hydrogens (tertiary/aromatic N) is 2. The SMILES string of the molecule is CCCCCCCCCCCCCCCCCCC(=O)OC1[C@@H](COP(=O)(OCOC(=O)C(C)(C)C)OCOC(=O)C(C)(C)C)O[C@@H](n2ccc(N)nc2=O)C1(F)F. The van der Waals surface area contributed by atoms with Crippen LogP contribution in [0.1, 0.15) is 164 Å². The van der Waals surface area contributed by atoms with Gasteiger partial charge in [-0.1, -0.05) is 103 Å². The van der Waals surface area contributed by atoms with Crippen LogP contribution in [0, 0.1) is 10.8 Å². The minimum Gasteiger partial charge on any atom is -0.453 e. The molecule has 2 heterocycles. The summed E-state index contributed by atoms with van der Waals surface area (Å²) >= 11 is 0. The van der Waals surface area contributed by atoms with Gasteiger partial charge in [-0.25, -0.2) is 18.4 Å². The number of anilines is 1. The predicted octanol–water partition coefficient (Wildman–Crippen LogP) is 9.17. The van der Waals surface area contributed by atoms with E-state index < -0.39 is 86.8 Å². The molecule has 18 heteroatoms. The second kappa shape index (κ2) is 24.9. The highest BCUT2D eigenvalue weighted by molar-refractivity contribution is 7.48. The predicted molar refractivity (Wildman–Crippen MR) is 212 cm³/mol. The number of halogens is 2. The number of phosphoric ester groups is 1. The minimum atomic E-state index is -4.86. The topological polar surface area (TPSA) is 194 Å². The molecule has 1 aromatic rings. The second-order valence-electron chi connectivity index (χ2n) is 16.8. The van der Waals surface area contributed by atoms with Crippen molar-refractivity contribution >= 4 is 31.5 Å². The van der Waals surface area contributed by atoms with E-state index in [1.54, 1.807) is 41.5 Å². The number of carbonyl (C=O) groups excluding carboxylic acids is 3. The van der Waals surface area contributed by atoms with Gasteiger partial charge in [-0.05, 0) is 54.0 Å². The highest BCUT2D eigenvalue weighted by Crippen LogP contribution is 2.52. The molecule has 2 N–H and O–H groups in total. The fraction of sp³-hybridized carbons (Fsp3) is 0.825. The Morgan fingerprint density at radius 3 is 1.67 bits per heavy atom. The van der Waals surface area contributed by atoms with Crippen LogP contribution in [0.15, 0.2) is 17.1 Å². The summed E-state index contributed by atoms with van der Waals surface area (Å²) in [5.74, 6) is -6.67. The van der Waals surface area contributed by atoms with Crippen LogP contribution < -0.4 is 11.4 Å². The summed E-state index contributed by atoms with van der Waals surface area (Å²) in [6, 6.07) is 1.11. The normalized spacial score (nSPS) is 18.3. The van der Waals surface area contributed by atoms with Gasteiger partial charge in [0.2, 0.25) is 19.8 Å². The zero-order valence-corrected chi connectivity index (χ0v) is 36.5. The van der Waals surface area contributed by atoms with Gasteiger partial charge in [0, 0.05) is 12.6 Å². The molecule has 58 heavy (non-hydrogen) atoms. The minimum absolute atomic E-state index is 0.157. The van der Waals surface area contributed by atoms with Crippen LogP contribution >= 0.6 is 7.82 Å². The van der Waals surface area contributed by atoms with Gasteiger partial charge in [-0.2, -0.15) is 13.8 Å². The first-order valence-corrected chi connectivity index (χ1v) is 22.1. The number of unbranched alkanes of at least 4 members (excludes halogenated alkanes) is 15. The number of nitrogens with two attached hydrogens (primary N) is 1. The maximum atomic E-state index is 16.1. The molecule has 1 aliphatic heterocycles. The number of nitrogen functional groups attached to an aromatic ring is 1. The van der Waals surface area contributed by atoms with E-state index in [1.165, 1.54) is 64.2 Å². The first kappa shape index (κ1) is 51.2. The lowest BCUT2D eigenvalue weighted by Crippen LogP contribution is -2.44. The van der Waals surface area contributed by atoms with E-state index in [0.717, 1.165) is 37.9 Å². The van der Waals surface area contributed by atoms with Crippen LogP contribution in [0.5, 0.6) is 0 Å². The number of esters is 3.